The van der Waals surface area contributed by atoms with Crippen LogP contribution in [0, 0.1) is 5.41 Å². The Kier molecular flexibility index (Phi) is 7.29. The Labute approximate surface area is 88.5 Å². The minimum atomic E-state index is -1.30. The molecule has 0 fully saturated rings. The average Bonchev–Trinajstić information content (AvgIpc) is 2.20. The molecule has 0 bridgehead atoms. The number of hydrogen-bond acceptors (Lipinski definition) is 4. The number of carboxylic acid groups (broad SMARTS) is 1. The summed E-state index contributed by atoms with van der Waals surface area (Å²) in [6.45, 7) is 3.21. The van der Waals surface area contributed by atoms with E-state index < -0.39 is 12.2 Å². The molecular weight excluding hydrogens is 200 g/mol. The van der Waals surface area contributed by atoms with Crippen molar-refractivity contribution in [3.05, 3.63) is 0 Å². The third-order valence-corrected chi connectivity index (χ3v) is 1.50. The molecule has 0 heterocycles. The van der Waals surface area contributed by atoms with Gasteiger partial charge in [-0.2, -0.15) is 0 Å². The SMILES string of the molecule is CCCNC(=N)NCCOC(N)C(=O)O. The summed E-state index contributed by atoms with van der Waals surface area (Å²) in [5.74, 6) is -1.00. The lowest BCUT2D eigenvalue weighted by Crippen LogP contribution is -2.40. The third kappa shape index (κ3) is 7.71. The summed E-state index contributed by atoms with van der Waals surface area (Å²) < 4.78 is 4.75. The largest absolute Gasteiger partial charge is 0.478 e. The van der Waals surface area contributed by atoms with Gasteiger partial charge in [-0.1, -0.05) is 6.92 Å². The van der Waals surface area contributed by atoms with Crippen molar-refractivity contribution < 1.29 is 14.6 Å². The fraction of sp³-hybridized carbons (Fsp3) is 0.750. The molecule has 0 aliphatic rings. The van der Waals surface area contributed by atoms with E-state index in [-0.39, 0.29) is 12.6 Å². The highest BCUT2D eigenvalue weighted by molar-refractivity contribution is 5.76. The summed E-state index contributed by atoms with van der Waals surface area (Å²) in [6.07, 6.45) is -0.366. The van der Waals surface area contributed by atoms with E-state index in [2.05, 4.69) is 10.6 Å². The van der Waals surface area contributed by atoms with E-state index in [1.165, 1.54) is 0 Å². The molecule has 6 N–H and O–H groups in total. The fourth-order valence-corrected chi connectivity index (χ4v) is 0.746. The first-order valence-electron chi connectivity index (χ1n) is 4.74. The van der Waals surface area contributed by atoms with Crippen molar-refractivity contribution in [3.8, 4) is 0 Å². The van der Waals surface area contributed by atoms with Gasteiger partial charge in [0, 0.05) is 13.1 Å². The van der Waals surface area contributed by atoms with Crippen molar-refractivity contribution in [2.75, 3.05) is 19.7 Å². The molecule has 0 spiro atoms. The van der Waals surface area contributed by atoms with Gasteiger partial charge in [-0.3, -0.25) is 11.1 Å². The molecule has 88 valence electrons. The summed E-state index contributed by atoms with van der Waals surface area (Å²) >= 11 is 0. The van der Waals surface area contributed by atoms with Crippen LogP contribution in [0.15, 0.2) is 0 Å². The summed E-state index contributed by atoms with van der Waals surface area (Å²) in [6, 6.07) is 0. The highest BCUT2D eigenvalue weighted by Crippen LogP contribution is 1.81. The van der Waals surface area contributed by atoms with Crippen LogP contribution < -0.4 is 16.4 Å². The zero-order valence-electron chi connectivity index (χ0n) is 8.75. The Bertz CT molecular complexity index is 210. The molecule has 0 saturated carbocycles. The first-order chi connectivity index (χ1) is 7.07. The van der Waals surface area contributed by atoms with E-state index in [0.717, 1.165) is 13.0 Å². The molecule has 0 amide bonds. The van der Waals surface area contributed by atoms with E-state index in [1.807, 2.05) is 6.92 Å². The number of nitrogens with two attached hydrogens (primary N) is 1. The number of aliphatic carboxylic acids is 1. The van der Waals surface area contributed by atoms with Gasteiger partial charge in [0.2, 0.25) is 6.23 Å². The second-order valence-corrected chi connectivity index (χ2v) is 2.86. The van der Waals surface area contributed by atoms with Crippen molar-refractivity contribution in [2.24, 2.45) is 5.73 Å². The van der Waals surface area contributed by atoms with Crippen LogP contribution in [-0.4, -0.2) is 43.0 Å². The number of carbonyl (C=O) groups is 1. The number of ether oxygens (including phenoxy) is 1. The monoisotopic (exact) mass is 218 g/mol. The van der Waals surface area contributed by atoms with Gasteiger partial charge in [0.25, 0.3) is 0 Å². The summed E-state index contributed by atoms with van der Waals surface area (Å²) in [4.78, 5) is 10.2. The zero-order valence-corrected chi connectivity index (χ0v) is 8.75. The number of nitrogens with one attached hydrogen (secondary N) is 3. The summed E-state index contributed by atoms with van der Waals surface area (Å²) in [5, 5.41) is 21.2. The van der Waals surface area contributed by atoms with Crippen LogP contribution in [0.2, 0.25) is 0 Å². The molecule has 1 unspecified atom stereocenters. The van der Waals surface area contributed by atoms with Crippen LogP contribution in [0.25, 0.3) is 0 Å². The number of hydrogen-bond donors (Lipinski definition) is 5. The maximum atomic E-state index is 10.2. The molecule has 0 aromatic rings. The van der Waals surface area contributed by atoms with Crippen LogP contribution in [0.5, 0.6) is 0 Å². The van der Waals surface area contributed by atoms with Gasteiger partial charge in [-0.15, -0.1) is 0 Å². The summed E-state index contributed by atoms with van der Waals surface area (Å²) in [7, 11) is 0. The van der Waals surface area contributed by atoms with E-state index in [4.69, 9.17) is 21.0 Å². The van der Waals surface area contributed by atoms with E-state index in [0.29, 0.717) is 6.54 Å². The number of guanidine groups is 1. The molecule has 7 heteroatoms. The van der Waals surface area contributed by atoms with Gasteiger partial charge in [-0.25, -0.2) is 4.79 Å². The van der Waals surface area contributed by atoms with Crippen molar-refractivity contribution in [1.82, 2.24) is 10.6 Å². The molecular formula is C8H18N4O3. The second kappa shape index (κ2) is 8.01. The minimum Gasteiger partial charge on any atom is -0.478 e. The normalized spacial score (nSPS) is 11.9. The lowest BCUT2D eigenvalue weighted by molar-refractivity contribution is -0.149. The maximum Gasteiger partial charge on any atom is 0.347 e. The quantitative estimate of drug-likeness (QED) is 0.160. The van der Waals surface area contributed by atoms with Gasteiger partial charge in [0.1, 0.15) is 0 Å². The predicted octanol–water partition coefficient (Wildman–Crippen LogP) is -1.10. The molecule has 0 aliphatic carbocycles. The molecule has 0 rings (SSSR count). The fourth-order valence-electron chi connectivity index (χ4n) is 0.746. The lowest BCUT2D eigenvalue weighted by atomic mass is 10.5. The second-order valence-electron chi connectivity index (χ2n) is 2.86. The molecule has 0 aromatic heterocycles. The standard InChI is InChI=1S/C8H18N4O3/c1-2-3-11-8(10)12-4-5-15-6(9)7(13)14/h6H,2-5,9H2,1H3,(H,13,14)(H3,10,11,12). The van der Waals surface area contributed by atoms with Gasteiger partial charge in [0.15, 0.2) is 5.96 Å². The van der Waals surface area contributed by atoms with E-state index >= 15 is 0 Å². The molecule has 0 aliphatic heterocycles. The minimum absolute atomic E-state index is 0.143. The Morgan fingerprint density at radius 3 is 2.67 bits per heavy atom. The smallest absolute Gasteiger partial charge is 0.347 e. The molecule has 0 radical (unpaired) electrons. The molecule has 0 aromatic carbocycles. The zero-order chi connectivity index (χ0) is 11.7. The van der Waals surface area contributed by atoms with Crippen molar-refractivity contribution in [3.63, 3.8) is 0 Å². The predicted molar refractivity (Wildman–Crippen MR) is 55.6 cm³/mol. The molecule has 1 atom stereocenters. The Balaban J connectivity index is 3.38. The van der Waals surface area contributed by atoms with Crippen LogP contribution in [0.3, 0.4) is 0 Å². The van der Waals surface area contributed by atoms with Crippen molar-refractivity contribution >= 4 is 11.9 Å². The van der Waals surface area contributed by atoms with Gasteiger partial charge >= 0.3 is 5.97 Å². The van der Waals surface area contributed by atoms with Crippen molar-refractivity contribution in [2.45, 2.75) is 19.6 Å². The third-order valence-electron chi connectivity index (χ3n) is 1.50. The number of rotatable bonds is 7. The van der Waals surface area contributed by atoms with Crippen LogP contribution in [0.1, 0.15) is 13.3 Å². The summed E-state index contributed by atoms with van der Waals surface area (Å²) in [5.41, 5.74) is 5.09. The molecule has 7 nitrogen and oxygen atoms in total. The Morgan fingerprint density at radius 2 is 2.13 bits per heavy atom. The van der Waals surface area contributed by atoms with Crippen molar-refractivity contribution in [1.29, 1.82) is 5.41 Å². The van der Waals surface area contributed by atoms with E-state index in [9.17, 15) is 4.79 Å². The highest BCUT2D eigenvalue weighted by atomic mass is 16.5. The van der Waals surface area contributed by atoms with Crippen LogP contribution in [0.4, 0.5) is 0 Å². The van der Waals surface area contributed by atoms with E-state index in [1.54, 1.807) is 0 Å². The van der Waals surface area contributed by atoms with Gasteiger partial charge in [0.05, 0.1) is 6.61 Å². The first-order valence-corrected chi connectivity index (χ1v) is 4.74. The van der Waals surface area contributed by atoms with Crippen LogP contribution >= 0.6 is 0 Å². The lowest BCUT2D eigenvalue weighted by Gasteiger charge is -2.11. The average molecular weight is 218 g/mol. The highest BCUT2D eigenvalue weighted by Gasteiger charge is 2.10. The first kappa shape index (κ1) is 13.7. The maximum absolute atomic E-state index is 10.2. The topological polar surface area (TPSA) is 120 Å². The van der Waals surface area contributed by atoms with Crippen LogP contribution in [-0.2, 0) is 9.53 Å². The number of carboxylic acids is 1. The molecule has 0 saturated heterocycles. The Hall–Kier alpha value is -1.34. The van der Waals surface area contributed by atoms with Gasteiger partial charge < -0.3 is 20.5 Å². The molecule has 15 heavy (non-hydrogen) atoms. The van der Waals surface area contributed by atoms with Gasteiger partial charge in [-0.05, 0) is 6.42 Å². The Morgan fingerprint density at radius 1 is 1.53 bits per heavy atom.